The van der Waals surface area contributed by atoms with Gasteiger partial charge in [0, 0.05) is 52.7 Å². The predicted molar refractivity (Wildman–Crippen MR) is 94.5 cm³/mol. The van der Waals surface area contributed by atoms with E-state index in [1.165, 1.54) is 0 Å². The normalized spacial score (nSPS) is 21.1. The number of carbonyl (C=O) groups excluding carboxylic acids is 2. The van der Waals surface area contributed by atoms with Gasteiger partial charge in [-0.15, -0.1) is 0 Å². The fourth-order valence-electron chi connectivity index (χ4n) is 3.31. The second-order valence-corrected chi connectivity index (χ2v) is 7.10. The van der Waals surface area contributed by atoms with Crippen LogP contribution in [0.25, 0.3) is 0 Å². The summed E-state index contributed by atoms with van der Waals surface area (Å²) in [5, 5.41) is 2.98. The van der Waals surface area contributed by atoms with Gasteiger partial charge < -0.3 is 29.5 Å². The lowest BCUT2D eigenvalue weighted by atomic mass is 9.91. The van der Waals surface area contributed by atoms with E-state index < -0.39 is 5.60 Å². The van der Waals surface area contributed by atoms with Gasteiger partial charge >= 0.3 is 6.09 Å². The molecule has 2 aliphatic heterocycles. The monoisotopic (exact) mass is 356 g/mol. The van der Waals surface area contributed by atoms with Crippen molar-refractivity contribution in [3.05, 3.63) is 0 Å². The molecular formula is C17H32N4O4. The molecule has 8 heteroatoms. The summed E-state index contributed by atoms with van der Waals surface area (Å²) in [6.45, 7) is 6.72. The van der Waals surface area contributed by atoms with Crippen LogP contribution in [-0.4, -0.2) is 105 Å². The first-order valence-electron chi connectivity index (χ1n) is 9.02. The van der Waals surface area contributed by atoms with Gasteiger partial charge in [-0.2, -0.15) is 0 Å². The van der Waals surface area contributed by atoms with E-state index in [4.69, 9.17) is 9.47 Å². The fourth-order valence-corrected chi connectivity index (χ4v) is 3.31. The molecule has 2 heterocycles. The van der Waals surface area contributed by atoms with Crippen molar-refractivity contribution in [3.8, 4) is 0 Å². The number of likely N-dealkylation sites (N-methyl/N-ethyl adjacent to an activating group) is 2. The molecule has 2 fully saturated rings. The molecule has 0 saturated carbocycles. The number of likely N-dealkylation sites (tertiary alicyclic amines) is 1. The minimum absolute atomic E-state index is 0.110. The van der Waals surface area contributed by atoms with E-state index in [9.17, 15) is 9.59 Å². The van der Waals surface area contributed by atoms with Crippen LogP contribution in [0.1, 0.15) is 19.8 Å². The number of piperidine rings is 1. The first kappa shape index (κ1) is 19.9. The molecule has 0 radical (unpaired) electrons. The van der Waals surface area contributed by atoms with Gasteiger partial charge in [-0.05, 0) is 21.0 Å². The molecule has 1 N–H and O–H groups in total. The van der Waals surface area contributed by atoms with E-state index in [1.807, 2.05) is 18.9 Å². The molecule has 2 saturated heterocycles. The summed E-state index contributed by atoms with van der Waals surface area (Å²) in [4.78, 5) is 30.3. The first-order valence-corrected chi connectivity index (χ1v) is 9.02. The van der Waals surface area contributed by atoms with Crippen LogP contribution < -0.4 is 5.32 Å². The zero-order chi connectivity index (χ0) is 18.4. The van der Waals surface area contributed by atoms with Gasteiger partial charge in [-0.1, -0.05) is 0 Å². The Balaban J connectivity index is 1.81. The van der Waals surface area contributed by atoms with E-state index in [1.54, 1.807) is 19.1 Å². The molecule has 1 spiro atoms. The molecule has 25 heavy (non-hydrogen) atoms. The van der Waals surface area contributed by atoms with Crippen molar-refractivity contribution >= 4 is 12.0 Å². The van der Waals surface area contributed by atoms with Gasteiger partial charge in [-0.25, -0.2) is 4.79 Å². The van der Waals surface area contributed by atoms with Gasteiger partial charge in [0.2, 0.25) is 5.91 Å². The highest BCUT2D eigenvalue weighted by atomic mass is 16.6. The lowest BCUT2D eigenvalue weighted by molar-refractivity contribution is -0.136. The van der Waals surface area contributed by atoms with Crippen molar-refractivity contribution in [1.29, 1.82) is 0 Å². The number of rotatable bonds is 8. The molecule has 144 valence electrons. The molecule has 1 atom stereocenters. The smallest absolute Gasteiger partial charge is 0.410 e. The largest absolute Gasteiger partial charge is 0.441 e. The highest BCUT2D eigenvalue weighted by Crippen LogP contribution is 2.33. The summed E-state index contributed by atoms with van der Waals surface area (Å²) >= 11 is 0. The number of ether oxygens (including phenoxy) is 2. The minimum Gasteiger partial charge on any atom is -0.441 e. The maximum atomic E-state index is 12.3. The number of amides is 2. The van der Waals surface area contributed by atoms with Crippen molar-refractivity contribution in [2.45, 2.75) is 31.4 Å². The second kappa shape index (κ2) is 8.82. The van der Waals surface area contributed by atoms with Gasteiger partial charge in [-0.3, -0.25) is 4.79 Å². The summed E-state index contributed by atoms with van der Waals surface area (Å²) in [6, 6.07) is -0.181. The minimum atomic E-state index is -0.429. The lowest BCUT2D eigenvalue weighted by Gasteiger charge is -2.38. The molecule has 2 rings (SSSR count). The van der Waals surface area contributed by atoms with Crippen LogP contribution in [0.3, 0.4) is 0 Å². The number of nitrogens with one attached hydrogen (secondary N) is 1. The fraction of sp³-hybridized carbons (Fsp3) is 0.882. The summed E-state index contributed by atoms with van der Waals surface area (Å²) in [6.07, 6.45) is 1.18. The quantitative estimate of drug-likeness (QED) is 0.659. The molecule has 0 aliphatic carbocycles. The highest BCUT2D eigenvalue weighted by Gasteiger charge is 2.47. The molecule has 0 aromatic rings. The van der Waals surface area contributed by atoms with E-state index in [2.05, 4.69) is 10.2 Å². The van der Waals surface area contributed by atoms with Crippen LogP contribution in [0.5, 0.6) is 0 Å². The molecule has 2 aliphatic rings. The van der Waals surface area contributed by atoms with Gasteiger partial charge in [0.1, 0.15) is 5.60 Å². The van der Waals surface area contributed by atoms with Crippen molar-refractivity contribution in [3.63, 3.8) is 0 Å². The zero-order valence-electron chi connectivity index (χ0n) is 15.9. The van der Waals surface area contributed by atoms with Crippen molar-refractivity contribution in [2.24, 2.45) is 0 Å². The van der Waals surface area contributed by atoms with Crippen LogP contribution in [0.2, 0.25) is 0 Å². The highest BCUT2D eigenvalue weighted by molar-refractivity contribution is 5.81. The molecule has 8 nitrogen and oxygen atoms in total. The summed E-state index contributed by atoms with van der Waals surface area (Å²) in [5.41, 5.74) is -0.429. The van der Waals surface area contributed by atoms with Gasteiger partial charge in [0.05, 0.1) is 19.2 Å². The maximum absolute atomic E-state index is 12.3. The van der Waals surface area contributed by atoms with Crippen LogP contribution >= 0.6 is 0 Å². The number of methoxy groups -OCH3 is 1. The molecule has 0 bridgehead atoms. The third kappa shape index (κ3) is 5.05. The van der Waals surface area contributed by atoms with Gasteiger partial charge in [0.25, 0.3) is 0 Å². The molecule has 0 aromatic heterocycles. The average molecular weight is 356 g/mol. The van der Waals surface area contributed by atoms with Crippen LogP contribution in [0.15, 0.2) is 0 Å². The SMILES string of the molecule is CN[C@@H](C)C(=O)N1CCC2(CC1)CN(CCN(C)CCOC)C(=O)O2. The summed E-state index contributed by atoms with van der Waals surface area (Å²) < 4.78 is 10.8. The third-order valence-electron chi connectivity index (χ3n) is 5.26. The van der Waals surface area contributed by atoms with E-state index in [0.29, 0.717) is 45.6 Å². The number of hydrogen-bond acceptors (Lipinski definition) is 6. The standard InChI is InChI=1S/C17H32N4O4/c1-14(18-2)15(22)20-7-5-17(6-8-20)13-21(16(23)25-17)10-9-19(3)11-12-24-4/h14,18H,5-13H2,1-4H3/t14-/m0/s1. The molecule has 0 unspecified atom stereocenters. The molecule has 2 amide bonds. The number of hydrogen-bond donors (Lipinski definition) is 1. The average Bonchev–Trinajstić information content (AvgIpc) is 2.92. The van der Waals surface area contributed by atoms with Crippen molar-refractivity contribution in [1.82, 2.24) is 20.0 Å². The maximum Gasteiger partial charge on any atom is 0.410 e. The zero-order valence-corrected chi connectivity index (χ0v) is 15.9. The Morgan fingerprint density at radius 1 is 1.40 bits per heavy atom. The predicted octanol–water partition coefficient (Wildman–Crippen LogP) is -0.0141. The Hall–Kier alpha value is -1.38. The third-order valence-corrected chi connectivity index (χ3v) is 5.26. The van der Waals surface area contributed by atoms with Crippen molar-refractivity contribution < 1.29 is 19.1 Å². The molecule has 0 aromatic carbocycles. The van der Waals surface area contributed by atoms with Gasteiger partial charge in [0.15, 0.2) is 0 Å². The topological polar surface area (TPSA) is 74.4 Å². The number of carbonyl (C=O) groups is 2. The second-order valence-electron chi connectivity index (χ2n) is 7.10. The Bertz CT molecular complexity index is 466. The summed E-state index contributed by atoms with van der Waals surface area (Å²) in [7, 11) is 5.49. The van der Waals surface area contributed by atoms with E-state index >= 15 is 0 Å². The Labute approximate surface area is 150 Å². The Kier molecular flexibility index (Phi) is 7.04. The number of nitrogens with zero attached hydrogens (tertiary/aromatic N) is 3. The molecular weight excluding hydrogens is 324 g/mol. The first-order chi connectivity index (χ1) is 11.9. The van der Waals surface area contributed by atoms with Crippen molar-refractivity contribution in [2.75, 3.05) is 67.1 Å². The lowest BCUT2D eigenvalue weighted by Crippen LogP contribution is -2.52. The Morgan fingerprint density at radius 3 is 2.68 bits per heavy atom. The van der Waals surface area contributed by atoms with E-state index in [0.717, 1.165) is 13.1 Å². The van der Waals surface area contributed by atoms with Crippen LogP contribution in [0, 0.1) is 0 Å². The van der Waals surface area contributed by atoms with Crippen LogP contribution in [0.4, 0.5) is 4.79 Å². The van der Waals surface area contributed by atoms with E-state index in [-0.39, 0.29) is 18.0 Å². The van der Waals surface area contributed by atoms with Crippen LogP contribution in [-0.2, 0) is 14.3 Å². The Morgan fingerprint density at radius 2 is 2.08 bits per heavy atom. The summed E-state index contributed by atoms with van der Waals surface area (Å²) in [5.74, 6) is 0.110.